The Hall–Kier alpha value is -1.40. The lowest BCUT2D eigenvalue weighted by Gasteiger charge is -2.29. The molecule has 1 aliphatic heterocycles. The molecule has 1 unspecified atom stereocenters. The highest BCUT2D eigenvalue weighted by molar-refractivity contribution is 6.37. The fourth-order valence-corrected chi connectivity index (χ4v) is 2.56. The van der Waals surface area contributed by atoms with Crippen LogP contribution in [0.1, 0.15) is 16.7 Å². The highest BCUT2D eigenvalue weighted by Gasteiger charge is 2.49. The Balaban J connectivity index is 2.75. The molecule has 1 aliphatic rings. The zero-order valence-electron chi connectivity index (χ0n) is 10.8. The molecule has 3 nitrogen and oxygen atoms in total. The molecule has 8 heteroatoms. The van der Waals surface area contributed by atoms with Crippen molar-refractivity contribution >= 4 is 35.2 Å². The molecule has 0 radical (unpaired) electrons. The third-order valence-corrected chi connectivity index (χ3v) is 4.22. The highest BCUT2D eigenvalue weighted by atomic mass is 35.5. The second kappa shape index (κ2) is 5.10. The maximum atomic E-state index is 13.0. The average molecular weight is 341 g/mol. The smallest absolute Gasteiger partial charge is 0.430 e. The summed E-state index contributed by atoms with van der Waals surface area (Å²) in [5.74, 6) is -1.92. The summed E-state index contributed by atoms with van der Waals surface area (Å²) >= 11 is 12.0. The minimum Gasteiger partial charge on any atom is -0.478 e. The van der Waals surface area contributed by atoms with Gasteiger partial charge in [-0.3, -0.25) is 0 Å². The van der Waals surface area contributed by atoms with Crippen molar-refractivity contribution in [3.63, 3.8) is 0 Å². The average Bonchev–Trinajstić information content (AvgIpc) is 2.40. The van der Waals surface area contributed by atoms with E-state index >= 15 is 0 Å². The largest absolute Gasteiger partial charge is 0.478 e. The number of carboxylic acids is 1. The van der Waals surface area contributed by atoms with Gasteiger partial charge in [0, 0.05) is 10.6 Å². The normalized spacial score (nSPS) is 17.9. The Kier molecular flexibility index (Phi) is 3.88. The van der Waals surface area contributed by atoms with Crippen LogP contribution in [0.4, 0.5) is 13.2 Å². The van der Waals surface area contributed by atoms with Crippen LogP contribution in [0.5, 0.6) is 5.75 Å². The molecule has 0 fully saturated rings. The second-order valence-corrected chi connectivity index (χ2v) is 5.32. The number of hydrogen-bond donors (Lipinski definition) is 1. The number of fused-ring (bicyclic) bond motifs is 1. The molecule has 1 aromatic carbocycles. The Morgan fingerprint density at radius 2 is 1.81 bits per heavy atom. The highest BCUT2D eigenvalue weighted by Crippen LogP contribution is 2.46. The van der Waals surface area contributed by atoms with E-state index in [9.17, 15) is 18.0 Å². The van der Waals surface area contributed by atoms with Crippen LogP contribution in [0.25, 0.3) is 6.08 Å². The number of carbonyl (C=O) groups is 1. The molecule has 1 atom stereocenters. The molecule has 0 spiro atoms. The molecular weight excluding hydrogens is 332 g/mol. The molecule has 2 rings (SSSR count). The van der Waals surface area contributed by atoms with Gasteiger partial charge in [-0.2, -0.15) is 13.2 Å². The lowest BCUT2D eigenvalue weighted by molar-refractivity contribution is -0.187. The Morgan fingerprint density at radius 3 is 2.29 bits per heavy atom. The van der Waals surface area contributed by atoms with Crippen molar-refractivity contribution < 1.29 is 27.8 Å². The number of aliphatic carboxylic acids is 1. The molecule has 0 aliphatic carbocycles. The first-order valence-electron chi connectivity index (χ1n) is 5.72. The van der Waals surface area contributed by atoms with Gasteiger partial charge < -0.3 is 9.84 Å². The maximum Gasteiger partial charge on any atom is 0.430 e. The number of hydrogen-bond acceptors (Lipinski definition) is 2. The maximum absolute atomic E-state index is 13.0. The quantitative estimate of drug-likeness (QED) is 0.824. The Morgan fingerprint density at radius 1 is 1.24 bits per heavy atom. The monoisotopic (exact) mass is 340 g/mol. The SMILES string of the molecule is Cc1c(Cl)c(C)c2c(c1Cl)OC(C(F)(F)F)C(C(=O)O)=C2. The van der Waals surface area contributed by atoms with Crippen LogP contribution < -0.4 is 4.74 Å². The molecule has 1 aromatic rings. The molecular formula is C13H9Cl2F3O3. The van der Waals surface area contributed by atoms with Crippen molar-refractivity contribution in [2.75, 3.05) is 0 Å². The number of carboxylic acid groups (broad SMARTS) is 1. The van der Waals surface area contributed by atoms with Crippen molar-refractivity contribution in [3.8, 4) is 5.75 Å². The molecule has 0 amide bonds. The second-order valence-electron chi connectivity index (χ2n) is 4.57. The summed E-state index contributed by atoms with van der Waals surface area (Å²) in [6, 6.07) is 0. The zero-order valence-corrected chi connectivity index (χ0v) is 12.3. The molecule has 114 valence electrons. The topological polar surface area (TPSA) is 46.5 Å². The van der Waals surface area contributed by atoms with Crippen molar-refractivity contribution in [1.29, 1.82) is 0 Å². The molecule has 0 bridgehead atoms. The van der Waals surface area contributed by atoms with Gasteiger partial charge in [0.25, 0.3) is 0 Å². The zero-order chi connectivity index (χ0) is 16.1. The molecule has 0 saturated carbocycles. The van der Waals surface area contributed by atoms with Crippen molar-refractivity contribution in [1.82, 2.24) is 0 Å². The van der Waals surface area contributed by atoms with E-state index in [1.54, 1.807) is 13.8 Å². The van der Waals surface area contributed by atoms with Crippen molar-refractivity contribution in [3.05, 3.63) is 32.3 Å². The summed E-state index contributed by atoms with van der Waals surface area (Å²) in [4.78, 5) is 11.1. The van der Waals surface area contributed by atoms with Crippen molar-refractivity contribution in [2.45, 2.75) is 26.1 Å². The van der Waals surface area contributed by atoms with Crippen LogP contribution in [-0.2, 0) is 4.79 Å². The van der Waals surface area contributed by atoms with E-state index in [4.69, 9.17) is 33.0 Å². The van der Waals surface area contributed by atoms with Gasteiger partial charge in [-0.25, -0.2) is 4.79 Å². The van der Waals surface area contributed by atoms with Gasteiger partial charge in [0.15, 0.2) is 0 Å². The molecule has 0 aromatic heterocycles. The number of alkyl halides is 3. The van der Waals surface area contributed by atoms with Gasteiger partial charge in [0.1, 0.15) is 5.75 Å². The van der Waals surface area contributed by atoms with Crippen LogP contribution in [-0.4, -0.2) is 23.4 Å². The minimum atomic E-state index is -4.87. The number of benzene rings is 1. The lowest BCUT2D eigenvalue weighted by atomic mass is 9.96. The third kappa shape index (κ3) is 2.58. The fraction of sp³-hybridized carbons (Fsp3) is 0.308. The number of rotatable bonds is 1. The molecule has 1 N–H and O–H groups in total. The summed E-state index contributed by atoms with van der Waals surface area (Å²) in [5, 5.41) is 9.17. The lowest BCUT2D eigenvalue weighted by Crippen LogP contribution is -2.40. The van der Waals surface area contributed by atoms with E-state index in [1.807, 2.05) is 0 Å². The first kappa shape index (κ1) is 16.0. The number of halogens is 5. The summed E-state index contributed by atoms with van der Waals surface area (Å²) < 4.78 is 43.7. The van der Waals surface area contributed by atoms with E-state index in [2.05, 4.69) is 0 Å². The molecule has 21 heavy (non-hydrogen) atoms. The van der Waals surface area contributed by atoms with Crippen LogP contribution in [0.3, 0.4) is 0 Å². The van der Waals surface area contributed by atoms with Gasteiger partial charge in [-0.05, 0) is 31.1 Å². The summed E-state index contributed by atoms with van der Waals surface area (Å²) in [6.07, 6.45) is -6.53. The standard InChI is InChI=1S/C13H9Cl2F3O3/c1-4-6-3-7(12(19)20)11(13(16,17)18)21-10(6)9(15)5(2)8(4)14/h3,11H,1-2H3,(H,19,20). The fourth-order valence-electron chi connectivity index (χ4n) is 2.07. The minimum absolute atomic E-state index is 0.0597. The molecule has 0 saturated heterocycles. The van der Waals surface area contributed by atoms with E-state index < -0.39 is 23.8 Å². The van der Waals surface area contributed by atoms with E-state index in [0.717, 1.165) is 6.08 Å². The predicted octanol–water partition coefficient (Wildman–Crippen LogP) is 4.40. The van der Waals surface area contributed by atoms with Gasteiger partial charge in [0.05, 0.1) is 10.6 Å². The first-order valence-corrected chi connectivity index (χ1v) is 6.47. The van der Waals surface area contributed by atoms with Crippen LogP contribution in [0.15, 0.2) is 5.57 Å². The van der Waals surface area contributed by atoms with Gasteiger partial charge in [-0.1, -0.05) is 23.2 Å². The van der Waals surface area contributed by atoms with Crippen LogP contribution >= 0.6 is 23.2 Å². The van der Waals surface area contributed by atoms with E-state index in [0.29, 0.717) is 11.1 Å². The van der Waals surface area contributed by atoms with Crippen LogP contribution in [0, 0.1) is 13.8 Å². The predicted molar refractivity (Wildman–Crippen MR) is 72.0 cm³/mol. The van der Waals surface area contributed by atoms with E-state index in [-0.39, 0.29) is 21.4 Å². The molecule has 1 heterocycles. The van der Waals surface area contributed by atoms with Crippen molar-refractivity contribution in [2.24, 2.45) is 0 Å². The summed E-state index contributed by atoms with van der Waals surface area (Å²) in [5.41, 5.74) is 0.0261. The Bertz CT molecular complexity index is 666. The Labute approximate surface area is 127 Å². The van der Waals surface area contributed by atoms with Gasteiger partial charge >= 0.3 is 12.1 Å². The van der Waals surface area contributed by atoms with E-state index in [1.165, 1.54) is 0 Å². The van der Waals surface area contributed by atoms with Crippen LogP contribution in [0.2, 0.25) is 10.0 Å². The van der Waals surface area contributed by atoms with Gasteiger partial charge in [-0.15, -0.1) is 0 Å². The summed E-state index contributed by atoms with van der Waals surface area (Å²) in [6.45, 7) is 3.10. The number of ether oxygens (including phenoxy) is 1. The first-order chi connectivity index (χ1) is 9.55. The summed E-state index contributed by atoms with van der Waals surface area (Å²) in [7, 11) is 0. The third-order valence-electron chi connectivity index (χ3n) is 3.20. The van der Waals surface area contributed by atoms with Gasteiger partial charge in [0.2, 0.25) is 6.10 Å².